The molecule has 6 aromatic heterocycles. The molecular weight excluding hydrogens is 1210 g/mol. The van der Waals surface area contributed by atoms with Gasteiger partial charge in [0.1, 0.15) is 0 Å². The molecule has 0 amide bonds. The van der Waals surface area contributed by atoms with Crippen LogP contribution in [0.25, 0.3) is 165 Å². The molecule has 98 heavy (non-hydrogen) atoms. The minimum atomic E-state index is -3.90. The highest BCUT2D eigenvalue weighted by Crippen LogP contribution is 2.47. The Balaban J connectivity index is 0.768. The van der Waals surface area contributed by atoms with Gasteiger partial charge >= 0.3 is 0 Å². The van der Waals surface area contributed by atoms with Gasteiger partial charge in [0, 0.05) is 115 Å². The van der Waals surface area contributed by atoms with Crippen molar-refractivity contribution in [3.05, 3.63) is 346 Å². The Morgan fingerprint density at radius 1 is 0.173 bits per heavy atom. The van der Waals surface area contributed by atoms with Crippen molar-refractivity contribution in [2.45, 2.75) is 0 Å². The van der Waals surface area contributed by atoms with Crippen LogP contribution in [0.5, 0.6) is 0 Å². The molecule has 0 atom stereocenters. The lowest BCUT2D eigenvalue weighted by atomic mass is 10.1. The lowest BCUT2D eigenvalue weighted by Crippen LogP contribution is -2.25. The van der Waals surface area contributed by atoms with Crippen molar-refractivity contribution in [3.63, 3.8) is 0 Å². The highest BCUT2D eigenvalue weighted by molar-refractivity contribution is 7.85. The zero-order valence-corrected chi connectivity index (χ0v) is 53.4. The van der Waals surface area contributed by atoms with Crippen LogP contribution >= 0.6 is 7.14 Å². The number of rotatable bonds is 9. The molecule has 0 saturated heterocycles. The van der Waals surface area contributed by atoms with Crippen LogP contribution < -0.4 is 15.9 Å². The Kier molecular flexibility index (Phi) is 10.4. The van der Waals surface area contributed by atoms with Gasteiger partial charge in [-0.1, -0.05) is 164 Å². The van der Waals surface area contributed by atoms with Gasteiger partial charge in [0.25, 0.3) is 0 Å². The van der Waals surface area contributed by atoms with E-state index in [-0.39, 0.29) is 0 Å². The van der Waals surface area contributed by atoms with Gasteiger partial charge in [-0.15, -0.1) is 0 Å². The summed E-state index contributed by atoms with van der Waals surface area (Å²) in [6.45, 7) is 0. The fraction of sp³-hybridized carbons (Fsp3) is 0. The summed E-state index contributed by atoms with van der Waals surface area (Å²) in [6, 6.07) is 104. The largest absolute Gasteiger partial charge is 0.309 e. The molecule has 15 aromatic carbocycles. The molecular formula is C90H57N6OP. The van der Waals surface area contributed by atoms with E-state index >= 15 is 4.57 Å². The average molecular weight is 1280 g/mol. The number of benzene rings is 15. The number of nitrogens with zero attached hydrogens (tertiary/aromatic N) is 6. The zero-order valence-electron chi connectivity index (χ0n) is 58.5. The molecule has 0 fully saturated rings. The van der Waals surface area contributed by atoms with Gasteiger partial charge in [0.15, 0.2) is 7.14 Å². The molecule has 8 heteroatoms. The van der Waals surface area contributed by atoms with E-state index in [1.54, 1.807) is 0 Å². The van der Waals surface area contributed by atoms with Crippen molar-refractivity contribution < 1.29 is 12.8 Å². The minimum absolute atomic E-state index is 0.300. The van der Waals surface area contributed by atoms with Crippen molar-refractivity contribution in [3.8, 4) is 34.1 Å². The first-order valence-electron chi connectivity index (χ1n) is 36.0. The summed E-state index contributed by atoms with van der Waals surface area (Å²) in [6.07, 6.45) is 0. The molecule has 0 aliphatic heterocycles. The third-order valence-corrected chi connectivity index (χ3v) is 23.2. The Morgan fingerprint density at radius 3 is 0.531 bits per heavy atom. The molecule has 0 saturated carbocycles. The van der Waals surface area contributed by atoms with Gasteiger partial charge in [-0.3, -0.25) is 0 Å². The molecule has 0 aliphatic rings. The standard InChI is InChI=1S/C90H57N6OP/c97-98(64-46-40-61(41-47-64)94-82-37-19-13-31-70(82)76-52-85-73(55-88(76)94)67-28-10-16-34-79(67)91(85)58-22-4-1-5-23-58,65-48-42-62(43-49-65)95-83-38-20-14-32-71(83)77-53-86-74(56-89(77)95)68-29-11-17-35-80(68)92(86)59-24-6-2-7-25-59)66-50-44-63(45-51-66)96-84-39-21-15-33-72(84)78-54-87-75(57-90(78)96)69-30-12-18-36-81(69)93(87)60-26-8-3-9-27-60/h1-57H/i52D,53D,54D,55D,56D,57D. The summed E-state index contributed by atoms with van der Waals surface area (Å²) in [5.41, 5.74) is 13.9. The Morgan fingerprint density at radius 2 is 0.337 bits per heavy atom. The fourth-order valence-corrected chi connectivity index (χ4v) is 18.4. The van der Waals surface area contributed by atoms with E-state index in [0.29, 0.717) is 118 Å². The molecule has 7 nitrogen and oxygen atoms in total. The number of aromatic nitrogens is 6. The molecule has 0 radical (unpaired) electrons. The molecule has 21 rings (SSSR count). The normalized spacial score (nSPS) is 13.2. The fourth-order valence-electron chi connectivity index (χ4n) is 15.8. The van der Waals surface area contributed by atoms with Crippen LogP contribution in [0.3, 0.4) is 0 Å². The second-order valence-electron chi connectivity index (χ2n) is 25.4. The maximum absolute atomic E-state index is 17.6. The van der Waals surface area contributed by atoms with Crippen molar-refractivity contribution in [1.29, 1.82) is 0 Å². The quantitative estimate of drug-likeness (QED) is 0.133. The lowest BCUT2D eigenvalue weighted by molar-refractivity contribution is 0.592. The monoisotopic (exact) mass is 1270 g/mol. The van der Waals surface area contributed by atoms with Crippen molar-refractivity contribution in [2.75, 3.05) is 0 Å². The van der Waals surface area contributed by atoms with Crippen LogP contribution in [0.1, 0.15) is 8.22 Å². The minimum Gasteiger partial charge on any atom is -0.309 e. The Hall–Kier alpha value is -12.7. The van der Waals surface area contributed by atoms with E-state index in [2.05, 4.69) is 45.6 Å². The SMILES string of the molecule is [2H]c1c2c3ccccc3n(-c3ccc(P(=O)(c4ccc(-n5c6ccccc6c6c([2H])c7c(c([2H])c65)c5ccccc5n7-c5ccccc5)cc4)c4ccc(-n5c6ccccc6c6c([2H])c7c(c([2H])c65)c5ccccc5n7-c5ccccc5)cc4)cc3)c2c([2H])c2c3ccccc3n(-c3ccccc3)c12. The highest BCUT2D eigenvalue weighted by Gasteiger charge is 2.32. The first-order chi connectivity index (χ1) is 51.1. The summed E-state index contributed by atoms with van der Waals surface area (Å²) >= 11 is 0. The topological polar surface area (TPSA) is 46.6 Å². The third kappa shape index (κ3) is 7.79. The van der Waals surface area contributed by atoms with Gasteiger partial charge in [0.05, 0.1) is 74.4 Å². The number of hydrogen-bond acceptors (Lipinski definition) is 1. The average Bonchev–Trinajstić information content (AvgIpc) is 1.54. The van der Waals surface area contributed by atoms with Crippen LogP contribution in [0.4, 0.5) is 0 Å². The molecule has 0 aliphatic carbocycles. The lowest BCUT2D eigenvalue weighted by Gasteiger charge is -2.22. The van der Waals surface area contributed by atoms with Crippen LogP contribution in [-0.4, -0.2) is 27.4 Å². The predicted molar refractivity (Wildman–Crippen MR) is 412 cm³/mol. The van der Waals surface area contributed by atoms with Crippen molar-refractivity contribution in [1.82, 2.24) is 27.4 Å². The molecule has 0 unspecified atom stereocenters. The first-order valence-corrected chi connectivity index (χ1v) is 34.7. The van der Waals surface area contributed by atoms with E-state index in [4.69, 9.17) is 0 Å². The van der Waals surface area contributed by atoms with Crippen LogP contribution in [-0.2, 0) is 4.57 Å². The molecule has 0 bridgehead atoms. The van der Waals surface area contributed by atoms with Gasteiger partial charge in [0.2, 0.25) is 0 Å². The Labute approximate surface area is 570 Å². The van der Waals surface area contributed by atoms with Crippen molar-refractivity contribution in [2.24, 2.45) is 0 Å². The number of para-hydroxylation sites is 9. The van der Waals surface area contributed by atoms with Gasteiger partial charge < -0.3 is 32.0 Å². The summed E-state index contributed by atoms with van der Waals surface area (Å²) in [5, 5.41) is 10.9. The molecule has 0 N–H and O–H groups in total. The van der Waals surface area contributed by atoms with Gasteiger partial charge in [-0.2, -0.15) is 0 Å². The second kappa shape index (κ2) is 20.9. The first kappa shape index (κ1) is 49.0. The smallest absolute Gasteiger partial charge is 0.171 e. The molecule has 458 valence electrons. The number of hydrogen-bond donors (Lipinski definition) is 0. The van der Waals surface area contributed by atoms with Crippen LogP contribution in [0, 0.1) is 0 Å². The molecule has 6 heterocycles. The highest BCUT2D eigenvalue weighted by atomic mass is 31.2. The maximum Gasteiger partial charge on any atom is 0.171 e. The third-order valence-electron chi connectivity index (χ3n) is 20.2. The Bertz CT molecular complexity index is 6610. The summed E-state index contributed by atoms with van der Waals surface area (Å²) in [7, 11) is -3.90. The van der Waals surface area contributed by atoms with Crippen molar-refractivity contribution >= 4 is 154 Å². The van der Waals surface area contributed by atoms with Crippen LogP contribution in [0.2, 0.25) is 0 Å². The maximum atomic E-state index is 17.6. The van der Waals surface area contributed by atoms with E-state index < -0.39 is 7.14 Å². The van der Waals surface area contributed by atoms with E-state index in [9.17, 15) is 8.22 Å². The van der Waals surface area contributed by atoms with Gasteiger partial charge in [-0.25, -0.2) is 0 Å². The van der Waals surface area contributed by atoms with Gasteiger partial charge in [-0.05, 0) is 182 Å². The molecule has 21 aromatic rings. The zero-order chi connectivity index (χ0) is 69.5. The summed E-state index contributed by atoms with van der Waals surface area (Å²) in [5.74, 6) is 0. The summed E-state index contributed by atoms with van der Waals surface area (Å²) < 4.78 is 91.8. The summed E-state index contributed by atoms with van der Waals surface area (Å²) in [4.78, 5) is 0. The predicted octanol–water partition coefficient (Wildman–Crippen LogP) is 21.9. The van der Waals surface area contributed by atoms with E-state index in [1.807, 2.05) is 291 Å². The van der Waals surface area contributed by atoms with Crippen LogP contribution in [0.15, 0.2) is 346 Å². The second-order valence-corrected chi connectivity index (χ2v) is 28.1. The van der Waals surface area contributed by atoms with E-state index in [0.717, 1.165) is 99.5 Å². The number of fused-ring (bicyclic) bond motifs is 18. The molecule has 0 spiro atoms. The van der Waals surface area contributed by atoms with E-state index in [1.165, 1.54) is 0 Å².